The summed E-state index contributed by atoms with van der Waals surface area (Å²) in [6.45, 7) is 1.95. The SMILES string of the molecule is COc1ccc(-n2ccnc2SC(C)c2nnc(-c3ccc([N+](=O)[O-])cc3)o2)cc1. The largest absolute Gasteiger partial charge is 0.497 e. The molecule has 10 heteroatoms. The van der Waals surface area contributed by atoms with Gasteiger partial charge in [-0.3, -0.25) is 14.7 Å². The number of nitrogens with zero attached hydrogens (tertiary/aromatic N) is 5. The van der Waals surface area contributed by atoms with Crippen LogP contribution in [0.3, 0.4) is 0 Å². The van der Waals surface area contributed by atoms with Gasteiger partial charge in [0.2, 0.25) is 11.8 Å². The summed E-state index contributed by atoms with van der Waals surface area (Å²) in [5, 5.41) is 19.6. The molecule has 0 aliphatic heterocycles. The molecule has 0 aliphatic carbocycles. The fourth-order valence-electron chi connectivity index (χ4n) is 2.77. The maximum Gasteiger partial charge on any atom is 0.269 e. The highest BCUT2D eigenvalue weighted by atomic mass is 32.2. The lowest BCUT2D eigenvalue weighted by molar-refractivity contribution is -0.384. The van der Waals surface area contributed by atoms with E-state index in [9.17, 15) is 10.1 Å². The molecule has 0 N–H and O–H groups in total. The van der Waals surface area contributed by atoms with Gasteiger partial charge in [0.05, 0.1) is 17.3 Å². The fraction of sp³-hybridized carbons (Fsp3) is 0.150. The third-order valence-electron chi connectivity index (χ3n) is 4.35. The number of thioether (sulfide) groups is 1. The average Bonchev–Trinajstić information content (AvgIpc) is 3.44. The number of imidazole rings is 1. The number of non-ortho nitro benzene ring substituents is 1. The Morgan fingerprint density at radius 3 is 2.53 bits per heavy atom. The van der Waals surface area contributed by atoms with Crippen molar-refractivity contribution < 1.29 is 14.1 Å². The number of ether oxygens (including phenoxy) is 1. The molecule has 1 atom stereocenters. The van der Waals surface area contributed by atoms with Crippen LogP contribution in [-0.2, 0) is 0 Å². The highest BCUT2D eigenvalue weighted by molar-refractivity contribution is 7.99. The number of methoxy groups -OCH3 is 1. The minimum Gasteiger partial charge on any atom is -0.497 e. The van der Waals surface area contributed by atoms with Crippen molar-refractivity contribution in [3.05, 3.63) is 76.9 Å². The van der Waals surface area contributed by atoms with Crippen LogP contribution in [0.15, 0.2) is 70.5 Å². The van der Waals surface area contributed by atoms with Gasteiger partial charge in [0.1, 0.15) is 5.75 Å². The number of nitro groups is 1. The molecule has 0 saturated heterocycles. The summed E-state index contributed by atoms with van der Waals surface area (Å²) in [5.74, 6) is 1.54. The normalized spacial score (nSPS) is 11.9. The van der Waals surface area contributed by atoms with E-state index >= 15 is 0 Å². The van der Waals surface area contributed by atoms with Gasteiger partial charge in [-0.15, -0.1) is 10.2 Å². The first-order valence-corrected chi connectivity index (χ1v) is 9.86. The molecule has 2 heterocycles. The first-order valence-electron chi connectivity index (χ1n) is 8.98. The number of hydrogen-bond donors (Lipinski definition) is 0. The second kappa shape index (κ2) is 8.37. The van der Waals surface area contributed by atoms with Crippen molar-refractivity contribution in [3.8, 4) is 22.9 Å². The van der Waals surface area contributed by atoms with Gasteiger partial charge in [-0.25, -0.2) is 4.98 Å². The van der Waals surface area contributed by atoms with Crippen molar-refractivity contribution in [2.75, 3.05) is 7.11 Å². The van der Waals surface area contributed by atoms with E-state index in [1.807, 2.05) is 42.0 Å². The molecule has 0 radical (unpaired) electrons. The summed E-state index contributed by atoms with van der Waals surface area (Å²) in [6.07, 6.45) is 3.61. The van der Waals surface area contributed by atoms with Crippen molar-refractivity contribution in [3.63, 3.8) is 0 Å². The van der Waals surface area contributed by atoms with Gasteiger partial charge < -0.3 is 9.15 Å². The molecule has 2 aromatic carbocycles. The van der Waals surface area contributed by atoms with Crippen LogP contribution in [0.2, 0.25) is 0 Å². The van der Waals surface area contributed by atoms with E-state index in [-0.39, 0.29) is 10.9 Å². The summed E-state index contributed by atoms with van der Waals surface area (Å²) in [7, 11) is 1.63. The lowest BCUT2D eigenvalue weighted by Gasteiger charge is -2.10. The third-order valence-corrected chi connectivity index (χ3v) is 5.42. The minimum atomic E-state index is -0.452. The smallest absolute Gasteiger partial charge is 0.269 e. The fourth-order valence-corrected chi connectivity index (χ4v) is 3.68. The Morgan fingerprint density at radius 2 is 1.87 bits per heavy atom. The van der Waals surface area contributed by atoms with Gasteiger partial charge in [-0.05, 0) is 43.3 Å². The Labute approximate surface area is 175 Å². The van der Waals surface area contributed by atoms with Crippen molar-refractivity contribution in [1.82, 2.24) is 19.7 Å². The van der Waals surface area contributed by atoms with Gasteiger partial charge in [0.25, 0.3) is 5.69 Å². The monoisotopic (exact) mass is 423 g/mol. The van der Waals surface area contributed by atoms with E-state index in [1.54, 1.807) is 25.4 Å². The number of nitro benzene ring substituents is 1. The molecular formula is C20H17N5O4S. The molecule has 2 aromatic heterocycles. The Kier molecular flexibility index (Phi) is 5.48. The number of hydrogen-bond acceptors (Lipinski definition) is 8. The van der Waals surface area contributed by atoms with Crippen molar-refractivity contribution >= 4 is 17.4 Å². The van der Waals surface area contributed by atoms with Crippen LogP contribution >= 0.6 is 11.8 Å². The zero-order chi connectivity index (χ0) is 21.1. The molecule has 0 amide bonds. The number of rotatable bonds is 7. The van der Waals surface area contributed by atoms with E-state index < -0.39 is 4.92 Å². The van der Waals surface area contributed by atoms with Crippen molar-refractivity contribution in [1.29, 1.82) is 0 Å². The van der Waals surface area contributed by atoms with Crippen LogP contribution in [0.25, 0.3) is 17.1 Å². The van der Waals surface area contributed by atoms with Crippen molar-refractivity contribution in [2.45, 2.75) is 17.3 Å². The quantitative estimate of drug-likeness (QED) is 0.239. The van der Waals surface area contributed by atoms with Crippen LogP contribution in [0.4, 0.5) is 5.69 Å². The van der Waals surface area contributed by atoms with Crippen LogP contribution in [0, 0.1) is 10.1 Å². The highest BCUT2D eigenvalue weighted by Crippen LogP contribution is 2.35. The Hall–Kier alpha value is -3.66. The summed E-state index contributed by atoms with van der Waals surface area (Å²) < 4.78 is 13.0. The first kappa shape index (κ1) is 19.6. The Balaban J connectivity index is 1.51. The molecule has 152 valence electrons. The molecule has 4 aromatic rings. The summed E-state index contributed by atoms with van der Waals surface area (Å²) in [6, 6.07) is 13.7. The van der Waals surface area contributed by atoms with Gasteiger partial charge >= 0.3 is 0 Å². The molecule has 1 unspecified atom stereocenters. The summed E-state index contributed by atoms with van der Waals surface area (Å²) >= 11 is 1.48. The topological polar surface area (TPSA) is 109 Å². The molecule has 0 saturated carbocycles. The van der Waals surface area contributed by atoms with E-state index in [0.717, 1.165) is 16.6 Å². The standard InChI is InChI=1S/C20H17N5O4S/c1-13(18-22-23-19(29-18)14-3-5-16(6-4-14)25(26)27)30-20-21-11-12-24(20)15-7-9-17(28-2)10-8-15/h3-13H,1-2H3. The minimum absolute atomic E-state index is 0.00720. The predicted octanol–water partition coefficient (Wildman–Crippen LogP) is 4.69. The van der Waals surface area contributed by atoms with Gasteiger partial charge in [0.15, 0.2) is 5.16 Å². The second-order valence-corrected chi connectivity index (χ2v) is 7.60. The summed E-state index contributed by atoms with van der Waals surface area (Å²) in [5.41, 5.74) is 1.59. The van der Waals surface area contributed by atoms with E-state index in [2.05, 4.69) is 15.2 Å². The molecule has 0 bridgehead atoms. The number of benzene rings is 2. The average molecular weight is 423 g/mol. The summed E-state index contributed by atoms with van der Waals surface area (Å²) in [4.78, 5) is 14.8. The van der Waals surface area contributed by atoms with Gasteiger partial charge in [0, 0.05) is 35.8 Å². The predicted molar refractivity (Wildman–Crippen MR) is 111 cm³/mol. The zero-order valence-electron chi connectivity index (χ0n) is 16.1. The molecule has 9 nitrogen and oxygen atoms in total. The number of aromatic nitrogens is 4. The molecule has 0 aliphatic rings. The van der Waals surface area contributed by atoms with Crippen LogP contribution in [0.5, 0.6) is 5.75 Å². The van der Waals surface area contributed by atoms with Crippen LogP contribution in [0.1, 0.15) is 18.1 Å². The van der Waals surface area contributed by atoms with Gasteiger partial charge in [-0.1, -0.05) is 11.8 Å². The molecular weight excluding hydrogens is 406 g/mol. The van der Waals surface area contributed by atoms with E-state index in [4.69, 9.17) is 9.15 Å². The Bertz CT molecular complexity index is 1150. The zero-order valence-corrected chi connectivity index (χ0v) is 16.9. The van der Waals surface area contributed by atoms with Crippen molar-refractivity contribution in [2.24, 2.45) is 0 Å². The molecule has 0 fully saturated rings. The maximum absolute atomic E-state index is 10.8. The second-order valence-electron chi connectivity index (χ2n) is 6.29. The third kappa shape index (κ3) is 4.03. The van der Waals surface area contributed by atoms with E-state index in [0.29, 0.717) is 17.3 Å². The molecule has 0 spiro atoms. The van der Waals surface area contributed by atoms with E-state index in [1.165, 1.54) is 23.9 Å². The van der Waals surface area contributed by atoms with Crippen LogP contribution in [-0.4, -0.2) is 31.8 Å². The van der Waals surface area contributed by atoms with Gasteiger partial charge in [-0.2, -0.15) is 0 Å². The molecule has 4 rings (SSSR count). The lowest BCUT2D eigenvalue weighted by Crippen LogP contribution is -1.97. The highest BCUT2D eigenvalue weighted by Gasteiger charge is 2.19. The first-order chi connectivity index (χ1) is 14.5. The van der Waals surface area contributed by atoms with Crippen LogP contribution < -0.4 is 4.74 Å². The lowest BCUT2D eigenvalue weighted by atomic mass is 10.2. The Morgan fingerprint density at radius 1 is 1.13 bits per heavy atom. The maximum atomic E-state index is 10.8. The molecule has 30 heavy (non-hydrogen) atoms.